The molecule has 1 saturated heterocycles. The predicted molar refractivity (Wildman–Crippen MR) is 291 cm³/mol. The van der Waals surface area contributed by atoms with Gasteiger partial charge < -0.3 is 45.1 Å². The molecular formula is C57H60N6O10S2. The van der Waals surface area contributed by atoms with Crippen LogP contribution in [0.4, 0.5) is 0 Å². The lowest BCUT2D eigenvalue weighted by Crippen LogP contribution is -2.58. The van der Waals surface area contributed by atoms with Crippen LogP contribution in [0.2, 0.25) is 0 Å². The van der Waals surface area contributed by atoms with E-state index >= 15 is 0 Å². The summed E-state index contributed by atoms with van der Waals surface area (Å²) in [7, 11) is 0. The van der Waals surface area contributed by atoms with E-state index in [0.29, 0.717) is 11.3 Å². The molecule has 0 spiro atoms. The van der Waals surface area contributed by atoms with Crippen molar-refractivity contribution in [2.24, 2.45) is 10.5 Å². The van der Waals surface area contributed by atoms with E-state index in [2.05, 4.69) is 26.1 Å². The third-order valence-corrected chi connectivity index (χ3v) is 14.8. The van der Waals surface area contributed by atoms with E-state index < -0.39 is 35.4 Å². The van der Waals surface area contributed by atoms with Gasteiger partial charge in [-0.3, -0.25) is 19.2 Å². The number of phenolic OH excluding ortho intramolecular Hbond substituents is 2. The number of hydrogen-bond donors (Lipinski definition) is 6. The maximum Gasteiger partial charge on any atom is 0.271 e. The van der Waals surface area contributed by atoms with Crippen LogP contribution in [0.15, 0.2) is 126 Å². The second kappa shape index (κ2) is 24.2. The predicted octanol–water partition coefficient (Wildman–Crippen LogP) is 8.62. The zero-order valence-corrected chi connectivity index (χ0v) is 43.9. The monoisotopic (exact) mass is 1050 g/mol. The quantitative estimate of drug-likeness (QED) is 0.0241. The molecule has 7 aromatic rings. The van der Waals surface area contributed by atoms with Crippen molar-refractivity contribution in [3.63, 3.8) is 0 Å². The van der Waals surface area contributed by atoms with Crippen molar-refractivity contribution in [2.75, 3.05) is 39.6 Å². The van der Waals surface area contributed by atoms with Gasteiger partial charge in [-0.1, -0.05) is 57.2 Å². The highest BCUT2D eigenvalue weighted by Crippen LogP contribution is 2.46. The summed E-state index contributed by atoms with van der Waals surface area (Å²) in [4.78, 5) is 61.5. The number of β-amino-alcohol motifs (C(OH)–C–C–N with tert-alkyl or cyclic N) is 1. The second-order valence-electron chi connectivity index (χ2n) is 19.3. The molecule has 75 heavy (non-hydrogen) atoms. The van der Waals surface area contributed by atoms with Gasteiger partial charge in [0, 0.05) is 39.1 Å². The van der Waals surface area contributed by atoms with Crippen molar-refractivity contribution in [2.45, 2.75) is 65.3 Å². The number of aromatic hydroxyl groups is 2. The number of carbonyl (C=O) groups is 4. The Balaban J connectivity index is 0.729. The van der Waals surface area contributed by atoms with Crippen LogP contribution in [0.5, 0.6) is 17.2 Å². The van der Waals surface area contributed by atoms with Gasteiger partial charge in [0.15, 0.2) is 0 Å². The molecule has 4 amide bonds. The van der Waals surface area contributed by atoms with Gasteiger partial charge >= 0.3 is 0 Å². The van der Waals surface area contributed by atoms with Crippen molar-refractivity contribution in [1.82, 2.24) is 25.9 Å². The van der Waals surface area contributed by atoms with Gasteiger partial charge in [0.05, 0.1) is 54.3 Å². The number of rotatable bonds is 20. The van der Waals surface area contributed by atoms with Gasteiger partial charge in [0.1, 0.15) is 42.5 Å². The zero-order chi connectivity index (χ0) is 53.2. The highest BCUT2D eigenvalue weighted by atomic mass is 32.1. The number of nitrogens with zero attached hydrogens (tertiary/aromatic N) is 3. The number of thiophene rings is 1. The SMILES string of the molecule is Cc1ncsc1-c1ccc(C(C)NC(=O)C2CC(O)CN2C(=O)C(NC(=O)COCCOCCOc2ccc(C=NNC(=O)c3ccc(-c4c(-c5ccc(O)cc5)sc5cc(O)ccc45)cc3)cc2)C(C)(C)C)cc1. The summed E-state index contributed by atoms with van der Waals surface area (Å²) >= 11 is 3.11. The summed E-state index contributed by atoms with van der Waals surface area (Å²) in [6.07, 6.45) is 0.710. The number of phenols is 2. The summed E-state index contributed by atoms with van der Waals surface area (Å²) in [5.41, 5.74) is 10.5. The molecular weight excluding hydrogens is 993 g/mol. The van der Waals surface area contributed by atoms with Crippen molar-refractivity contribution in [1.29, 1.82) is 0 Å². The molecule has 1 fully saturated rings. The highest BCUT2D eigenvalue weighted by Gasteiger charge is 2.44. The number of nitrogens with one attached hydrogen (secondary N) is 3. The van der Waals surface area contributed by atoms with Crippen LogP contribution in [0.3, 0.4) is 0 Å². The van der Waals surface area contributed by atoms with E-state index in [4.69, 9.17) is 14.2 Å². The van der Waals surface area contributed by atoms with E-state index in [9.17, 15) is 34.5 Å². The van der Waals surface area contributed by atoms with Crippen LogP contribution in [0.1, 0.15) is 67.3 Å². The fourth-order valence-electron chi connectivity index (χ4n) is 8.68. The molecule has 4 unspecified atom stereocenters. The molecule has 6 N–H and O–H groups in total. The van der Waals surface area contributed by atoms with Crippen molar-refractivity contribution < 1.29 is 48.7 Å². The Hall–Kier alpha value is -7.48. The molecule has 0 aliphatic carbocycles. The van der Waals surface area contributed by atoms with Gasteiger partial charge in [0.2, 0.25) is 17.7 Å². The number of thiazole rings is 1. The first kappa shape index (κ1) is 53.8. The molecule has 4 atom stereocenters. The number of likely N-dealkylation sites (tertiary alicyclic amines) is 1. The molecule has 2 aromatic heterocycles. The average Bonchev–Trinajstić information content (AvgIpc) is 4.13. The molecule has 3 heterocycles. The first-order valence-corrected chi connectivity index (χ1v) is 26.2. The van der Waals surface area contributed by atoms with Gasteiger partial charge in [-0.25, -0.2) is 10.4 Å². The number of fused-ring (bicyclic) bond motifs is 1. The number of aliphatic hydroxyl groups is 1. The van der Waals surface area contributed by atoms with Crippen LogP contribution in [0, 0.1) is 12.3 Å². The standard InChI is InChI=1S/C57H60N6O10S2/c1-34(37-8-12-39(13-9-37)51-35(2)58-33-74-51)60-55(69)47-28-44(66)31-63(47)56(70)53(57(3,4)5)61-49(67)32-72-25-24-71-26-27-73-45-21-6-36(7-22-45)30-59-62-54(68)41-14-10-38(11-15-41)50-46-23-20-43(65)29-48(46)75-52(50)40-16-18-42(64)19-17-40/h6-23,29-30,33-34,44,47,53,64-66H,24-28,31-32H2,1-5H3,(H,60,69)(H,61,67)(H,62,68). The maximum absolute atomic E-state index is 14.0. The van der Waals surface area contributed by atoms with Gasteiger partial charge in [-0.15, -0.1) is 22.7 Å². The number of benzene rings is 5. The Bertz CT molecular complexity index is 3130. The minimum Gasteiger partial charge on any atom is -0.508 e. The molecule has 1 aliphatic rings. The fourth-order valence-corrected chi connectivity index (χ4v) is 10.8. The minimum atomic E-state index is -0.993. The lowest BCUT2D eigenvalue weighted by molar-refractivity contribution is -0.144. The normalized spacial score (nSPS) is 15.5. The summed E-state index contributed by atoms with van der Waals surface area (Å²) in [5.74, 6) is -0.786. The lowest BCUT2D eigenvalue weighted by atomic mass is 9.85. The van der Waals surface area contributed by atoms with Crippen LogP contribution in [-0.2, 0) is 23.9 Å². The maximum atomic E-state index is 14.0. The number of hydrazone groups is 1. The molecule has 8 rings (SSSR count). The fraction of sp³-hybridized carbons (Fsp3) is 0.298. The summed E-state index contributed by atoms with van der Waals surface area (Å²) < 4.78 is 17.9. The Kier molecular flexibility index (Phi) is 17.4. The van der Waals surface area contributed by atoms with Crippen LogP contribution >= 0.6 is 22.7 Å². The molecule has 0 radical (unpaired) electrons. The molecule has 1 aliphatic heterocycles. The average molecular weight is 1050 g/mol. The number of aliphatic hydroxyl groups excluding tert-OH is 1. The van der Waals surface area contributed by atoms with Crippen LogP contribution < -0.4 is 20.8 Å². The number of amides is 4. The number of hydrogen-bond acceptors (Lipinski definition) is 14. The van der Waals surface area contributed by atoms with Crippen molar-refractivity contribution >= 4 is 62.6 Å². The number of aryl methyl sites for hydroxylation is 1. The third kappa shape index (κ3) is 13.6. The largest absolute Gasteiger partial charge is 0.508 e. The van der Waals surface area contributed by atoms with E-state index in [0.717, 1.165) is 58.9 Å². The smallest absolute Gasteiger partial charge is 0.271 e. The topological polar surface area (TPSA) is 221 Å². The molecule has 390 valence electrons. The summed E-state index contributed by atoms with van der Waals surface area (Å²) in [5, 5.41) is 41.5. The van der Waals surface area contributed by atoms with Crippen molar-refractivity contribution in [3.05, 3.63) is 143 Å². The first-order chi connectivity index (χ1) is 36.0. The van der Waals surface area contributed by atoms with E-state index in [1.807, 2.05) is 94.7 Å². The summed E-state index contributed by atoms with van der Waals surface area (Å²) in [6, 6.07) is 32.2. The van der Waals surface area contributed by atoms with Crippen LogP contribution in [0.25, 0.3) is 42.1 Å². The Labute approximate surface area is 443 Å². The van der Waals surface area contributed by atoms with Gasteiger partial charge in [-0.2, -0.15) is 5.10 Å². The second-order valence-corrected chi connectivity index (χ2v) is 21.2. The number of carbonyl (C=O) groups excluding carboxylic acids is 4. The van der Waals surface area contributed by atoms with Gasteiger partial charge in [-0.05, 0) is 126 Å². The molecule has 5 aromatic carbocycles. The first-order valence-electron chi connectivity index (χ1n) is 24.5. The van der Waals surface area contributed by atoms with E-state index in [1.54, 1.807) is 72.0 Å². The lowest BCUT2D eigenvalue weighted by Gasteiger charge is -2.35. The Morgan fingerprint density at radius 1 is 0.813 bits per heavy atom. The highest BCUT2D eigenvalue weighted by molar-refractivity contribution is 7.23. The van der Waals surface area contributed by atoms with E-state index in [1.165, 1.54) is 22.5 Å². The molecule has 0 bridgehead atoms. The minimum absolute atomic E-state index is 0.0367. The van der Waals surface area contributed by atoms with Crippen LogP contribution in [-0.4, -0.2) is 113 Å². The number of ether oxygens (including phenoxy) is 3. The molecule has 16 nitrogen and oxygen atoms in total. The Morgan fingerprint density at radius 3 is 2.16 bits per heavy atom. The van der Waals surface area contributed by atoms with Gasteiger partial charge in [0.25, 0.3) is 5.91 Å². The number of aromatic nitrogens is 1. The van der Waals surface area contributed by atoms with Crippen molar-refractivity contribution in [3.8, 4) is 49.3 Å². The molecule has 18 heteroatoms. The Morgan fingerprint density at radius 2 is 1.47 bits per heavy atom. The molecule has 0 saturated carbocycles. The summed E-state index contributed by atoms with van der Waals surface area (Å²) in [6.45, 7) is 9.77. The third-order valence-electron chi connectivity index (χ3n) is 12.7. The van der Waals surface area contributed by atoms with E-state index in [-0.39, 0.29) is 75.4 Å². The zero-order valence-electron chi connectivity index (χ0n) is 42.2.